The molecule has 0 saturated carbocycles. The molecule has 0 atom stereocenters. The van der Waals surface area contributed by atoms with E-state index in [1.807, 2.05) is 6.07 Å². The lowest BCUT2D eigenvalue weighted by Crippen LogP contribution is -3.11. The van der Waals surface area contributed by atoms with E-state index in [4.69, 9.17) is 0 Å². The summed E-state index contributed by atoms with van der Waals surface area (Å²) in [6.07, 6.45) is 1.42. The molecular weight excluding hydrogens is 312 g/mol. The number of hydrogen-bond acceptors (Lipinski definition) is 2. The van der Waals surface area contributed by atoms with Crippen molar-refractivity contribution in [3.8, 4) is 11.3 Å². The van der Waals surface area contributed by atoms with E-state index in [0.29, 0.717) is 12.8 Å². The Morgan fingerprint density at radius 2 is 1.72 bits per heavy atom. The number of carbonyl (C=O) groups is 1. The summed E-state index contributed by atoms with van der Waals surface area (Å²) in [7, 11) is 0. The summed E-state index contributed by atoms with van der Waals surface area (Å²) in [6.45, 7) is 2.67. The fraction of sp³-hybridized carbons (Fsp3) is 0.286. The van der Waals surface area contributed by atoms with E-state index in [-0.39, 0.29) is 5.92 Å². The van der Waals surface area contributed by atoms with Gasteiger partial charge in [0.05, 0.1) is 18.8 Å². The zero-order chi connectivity index (χ0) is 17.2. The molecule has 0 amide bonds. The SMILES string of the molecule is O=C([O-])C1CC[NH+](Cc2c(-c3ccccc3)[nH]c3ccccc23)CC1. The third kappa shape index (κ3) is 3.17. The van der Waals surface area contributed by atoms with Crippen molar-refractivity contribution in [3.63, 3.8) is 0 Å². The van der Waals surface area contributed by atoms with Gasteiger partial charge in [-0.25, -0.2) is 0 Å². The standard InChI is InChI=1S/C21H22N2O2/c24-21(25)16-10-12-23(13-11-16)14-18-17-8-4-5-9-19(17)22-20(18)15-6-2-1-3-7-15/h1-9,16,22H,10-14H2,(H,24,25). The van der Waals surface area contributed by atoms with Crippen molar-refractivity contribution in [1.29, 1.82) is 0 Å². The number of aromatic nitrogens is 1. The highest BCUT2D eigenvalue weighted by molar-refractivity contribution is 5.90. The van der Waals surface area contributed by atoms with Gasteiger partial charge in [0.1, 0.15) is 6.54 Å². The fourth-order valence-corrected chi connectivity index (χ4v) is 3.92. The van der Waals surface area contributed by atoms with Crippen LogP contribution >= 0.6 is 0 Å². The number of aromatic amines is 1. The van der Waals surface area contributed by atoms with Gasteiger partial charge in [-0.05, 0) is 11.6 Å². The number of hydrogen-bond donors (Lipinski definition) is 2. The largest absolute Gasteiger partial charge is 0.550 e. The second-order valence-electron chi connectivity index (χ2n) is 6.91. The molecule has 1 saturated heterocycles. The number of carboxylic acids is 1. The molecule has 0 aliphatic carbocycles. The predicted molar refractivity (Wildman–Crippen MR) is 95.9 cm³/mol. The molecule has 4 rings (SSSR count). The van der Waals surface area contributed by atoms with Crippen LogP contribution in [0.15, 0.2) is 54.6 Å². The van der Waals surface area contributed by atoms with Crippen LogP contribution in [0.4, 0.5) is 0 Å². The average Bonchev–Trinajstić information content (AvgIpc) is 3.02. The molecule has 1 fully saturated rings. The first-order valence-electron chi connectivity index (χ1n) is 8.92. The normalized spacial score (nSPS) is 20.6. The molecule has 2 heterocycles. The van der Waals surface area contributed by atoms with E-state index in [9.17, 15) is 9.90 Å². The van der Waals surface area contributed by atoms with Crippen molar-refractivity contribution >= 4 is 16.9 Å². The summed E-state index contributed by atoms with van der Waals surface area (Å²) in [6, 6.07) is 18.8. The molecule has 0 bridgehead atoms. The smallest absolute Gasteiger partial charge is 0.106 e. The second-order valence-corrected chi connectivity index (χ2v) is 6.91. The third-order valence-electron chi connectivity index (χ3n) is 5.33. The first kappa shape index (κ1) is 15.9. The van der Waals surface area contributed by atoms with Crippen LogP contribution in [-0.4, -0.2) is 24.0 Å². The van der Waals surface area contributed by atoms with Crippen LogP contribution in [0.2, 0.25) is 0 Å². The van der Waals surface area contributed by atoms with Gasteiger partial charge in [-0.15, -0.1) is 0 Å². The molecule has 1 aromatic heterocycles. The highest BCUT2D eigenvalue weighted by Crippen LogP contribution is 2.29. The minimum Gasteiger partial charge on any atom is -0.550 e. The van der Waals surface area contributed by atoms with Crippen molar-refractivity contribution in [2.24, 2.45) is 5.92 Å². The molecule has 0 unspecified atom stereocenters. The van der Waals surface area contributed by atoms with E-state index >= 15 is 0 Å². The molecule has 2 N–H and O–H groups in total. The lowest BCUT2D eigenvalue weighted by molar-refractivity contribution is -0.919. The number of likely N-dealkylation sites (tertiary alicyclic amines) is 1. The van der Waals surface area contributed by atoms with Crippen LogP contribution in [0.1, 0.15) is 18.4 Å². The Bertz CT molecular complexity index is 877. The van der Waals surface area contributed by atoms with Crippen LogP contribution in [0, 0.1) is 5.92 Å². The molecule has 1 aliphatic heterocycles. The average molecular weight is 334 g/mol. The Balaban J connectivity index is 1.66. The Morgan fingerprint density at radius 1 is 1.04 bits per heavy atom. The molecule has 0 radical (unpaired) electrons. The van der Waals surface area contributed by atoms with Gasteiger partial charge in [-0.3, -0.25) is 0 Å². The molecule has 1 aliphatic rings. The number of rotatable bonds is 4. The Labute approximate surface area is 147 Å². The number of fused-ring (bicyclic) bond motifs is 1. The fourth-order valence-electron chi connectivity index (χ4n) is 3.92. The summed E-state index contributed by atoms with van der Waals surface area (Å²) in [5, 5.41) is 12.3. The van der Waals surface area contributed by atoms with Crippen LogP contribution in [-0.2, 0) is 11.3 Å². The number of carbonyl (C=O) groups excluding carboxylic acids is 1. The quantitative estimate of drug-likeness (QED) is 0.757. The molecular formula is C21H22N2O2. The summed E-state index contributed by atoms with van der Waals surface area (Å²) >= 11 is 0. The van der Waals surface area contributed by atoms with Gasteiger partial charge in [0.2, 0.25) is 0 Å². The minimum atomic E-state index is -0.892. The number of aliphatic carboxylic acids is 1. The highest BCUT2D eigenvalue weighted by atomic mass is 16.4. The molecule has 0 spiro atoms. The lowest BCUT2D eigenvalue weighted by Gasteiger charge is -2.29. The topological polar surface area (TPSA) is 60.4 Å². The highest BCUT2D eigenvalue weighted by Gasteiger charge is 2.25. The molecule has 3 aromatic rings. The van der Waals surface area contributed by atoms with Crippen molar-refractivity contribution in [1.82, 2.24) is 4.98 Å². The molecule has 4 heteroatoms. The van der Waals surface area contributed by atoms with Crippen molar-refractivity contribution in [2.75, 3.05) is 13.1 Å². The summed E-state index contributed by atoms with van der Waals surface area (Å²) in [5.74, 6) is -1.17. The summed E-state index contributed by atoms with van der Waals surface area (Å²) in [5.41, 5.74) is 4.85. The number of benzene rings is 2. The predicted octanol–water partition coefficient (Wildman–Crippen LogP) is 1.38. The van der Waals surface area contributed by atoms with Gasteiger partial charge in [-0.2, -0.15) is 0 Å². The number of para-hydroxylation sites is 1. The van der Waals surface area contributed by atoms with E-state index in [2.05, 4.69) is 53.5 Å². The van der Waals surface area contributed by atoms with Gasteiger partial charge in [0, 0.05) is 41.2 Å². The first-order valence-corrected chi connectivity index (χ1v) is 8.92. The van der Waals surface area contributed by atoms with Gasteiger partial charge in [-0.1, -0.05) is 48.5 Å². The van der Waals surface area contributed by atoms with Crippen LogP contribution in [0.5, 0.6) is 0 Å². The van der Waals surface area contributed by atoms with Crippen molar-refractivity contribution in [2.45, 2.75) is 19.4 Å². The van der Waals surface area contributed by atoms with Crippen LogP contribution in [0.25, 0.3) is 22.2 Å². The molecule has 128 valence electrons. The number of carboxylic acid groups (broad SMARTS) is 1. The number of quaternary nitrogens is 1. The number of H-pyrrole nitrogens is 1. The van der Waals surface area contributed by atoms with Crippen LogP contribution in [0.3, 0.4) is 0 Å². The molecule has 4 nitrogen and oxygen atoms in total. The van der Waals surface area contributed by atoms with Crippen LogP contribution < -0.4 is 10.0 Å². The molecule has 2 aromatic carbocycles. The van der Waals surface area contributed by atoms with Crippen molar-refractivity contribution < 1.29 is 14.8 Å². The van der Waals surface area contributed by atoms with Gasteiger partial charge < -0.3 is 19.8 Å². The monoisotopic (exact) mass is 334 g/mol. The van der Waals surface area contributed by atoms with E-state index in [0.717, 1.165) is 25.2 Å². The number of piperidine rings is 1. The Morgan fingerprint density at radius 3 is 2.44 bits per heavy atom. The first-order chi connectivity index (χ1) is 12.2. The minimum absolute atomic E-state index is 0.277. The lowest BCUT2D eigenvalue weighted by atomic mass is 9.96. The summed E-state index contributed by atoms with van der Waals surface area (Å²) < 4.78 is 0. The maximum Gasteiger partial charge on any atom is 0.106 e. The summed E-state index contributed by atoms with van der Waals surface area (Å²) in [4.78, 5) is 16.1. The Hall–Kier alpha value is -2.59. The van der Waals surface area contributed by atoms with Gasteiger partial charge in [0.15, 0.2) is 0 Å². The maximum absolute atomic E-state index is 11.1. The van der Waals surface area contributed by atoms with E-state index < -0.39 is 5.97 Å². The van der Waals surface area contributed by atoms with E-state index in [1.54, 1.807) is 0 Å². The number of nitrogens with one attached hydrogen (secondary N) is 2. The zero-order valence-electron chi connectivity index (χ0n) is 14.1. The van der Waals surface area contributed by atoms with Crippen molar-refractivity contribution in [3.05, 3.63) is 60.2 Å². The third-order valence-corrected chi connectivity index (χ3v) is 5.33. The van der Waals surface area contributed by atoms with Gasteiger partial charge in [0.25, 0.3) is 0 Å². The van der Waals surface area contributed by atoms with Gasteiger partial charge >= 0.3 is 0 Å². The second kappa shape index (κ2) is 6.73. The zero-order valence-corrected chi connectivity index (χ0v) is 14.1. The van der Waals surface area contributed by atoms with E-state index in [1.165, 1.54) is 27.1 Å². The molecule has 25 heavy (non-hydrogen) atoms. The maximum atomic E-state index is 11.1. The Kier molecular flexibility index (Phi) is 4.28.